The van der Waals surface area contributed by atoms with Gasteiger partial charge < -0.3 is 10.2 Å². The Labute approximate surface area is 177 Å². The smallest absolute Gasteiger partial charge is 0.321 e. The summed E-state index contributed by atoms with van der Waals surface area (Å²) < 4.78 is 0. The van der Waals surface area contributed by atoms with Crippen molar-refractivity contribution < 1.29 is 4.79 Å². The van der Waals surface area contributed by atoms with Crippen molar-refractivity contribution >= 4 is 11.7 Å². The van der Waals surface area contributed by atoms with Crippen LogP contribution in [-0.4, -0.2) is 42.0 Å². The van der Waals surface area contributed by atoms with Gasteiger partial charge in [-0.05, 0) is 35.4 Å². The Bertz CT molecular complexity index is 965. The van der Waals surface area contributed by atoms with Gasteiger partial charge in [0, 0.05) is 31.9 Å². The molecule has 5 nitrogen and oxygen atoms in total. The van der Waals surface area contributed by atoms with Crippen LogP contribution in [0.1, 0.15) is 22.7 Å². The molecule has 4 rings (SSSR count). The van der Waals surface area contributed by atoms with Crippen LogP contribution in [0.3, 0.4) is 0 Å². The number of piperazine rings is 1. The van der Waals surface area contributed by atoms with Gasteiger partial charge in [-0.3, -0.25) is 4.90 Å². The Morgan fingerprint density at radius 3 is 1.83 bits per heavy atom. The second-order valence-electron chi connectivity index (χ2n) is 7.37. The van der Waals surface area contributed by atoms with E-state index in [4.69, 9.17) is 5.26 Å². The quantitative estimate of drug-likeness (QED) is 0.706. The van der Waals surface area contributed by atoms with Crippen molar-refractivity contribution in [2.24, 2.45) is 0 Å². The van der Waals surface area contributed by atoms with Crippen LogP contribution in [0.4, 0.5) is 10.5 Å². The normalized spacial score (nSPS) is 14.3. The molecule has 1 N–H and O–H groups in total. The molecule has 3 aromatic carbocycles. The third-order valence-electron chi connectivity index (χ3n) is 5.46. The second kappa shape index (κ2) is 9.25. The molecule has 1 heterocycles. The molecule has 3 aromatic rings. The zero-order valence-corrected chi connectivity index (χ0v) is 16.7. The average molecular weight is 396 g/mol. The Hall–Kier alpha value is -3.62. The van der Waals surface area contributed by atoms with Crippen LogP contribution < -0.4 is 5.32 Å². The summed E-state index contributed by atoms with van der Waals surface area (Å²) in [6, 6.07) is 30.1. The Kier molecular flexibility index (Phi) is 6.07. The summed E-state index contributed by atoms with van der Waals surface area (Å²) in [6.45, 7) is 2.93. The highest BCUT2D eigenvalue weighted by molar-refractivity contribution is 5.89. The molecule has 1 aliphatic heterocycles. The summed E-state index contributed by atoms with van der Waals surface area (Å²) >= 11 is 0. The molecule has 0 spiro atoms. The highest BCUT2D eigenvalue weighted by atomic mass is 16.2. The van der Waals surface area contributed by atoms with E-state index in [1.807, 2.05) is 17.0 Å². The molecule has 0 saturated carbocycles. The number of hydrogen-bond donors (Lipinski definition) is 1. The van der Waals surface area contributed by atoms with Crippen LogP contribution in [0.15, 0.2) is 84.9 Å². The predicted molar refractivity (Wildman–Crippen MR) is 118 cm³/mol. The monoisotopic (exact) mass is 396 g/mol. The van der Waals surface area contributed by atoms with Gasteiger partial charge in [-0.25, -0.2) is 4.79 Å². The number of hydrogen-bond acceptors (Lipinski definition) is 3. The fourth-order valence-electron chi connectivity index (χ4n) is 3.90. The number of nitrogens with one attached hydrogen (secondary N) is 1. The molecule has 30 heavy (non-hydrogen) atoms. The molecule has 0 unspecified atom stereocenters. The van der Waals surface area contributed by atoms with Gasteiger partial charge in [0.05, 0.1) is 17.7 Å². The van der Waals surface area contributed by atoms with Crippen molar-refractivity contribution in [1.29, 1.82) is 5.26 Å². The number of rotatable bonds is 4. The first-order chi connectivity index (χ1) is 14.7. The van der Waals surface area contributed by atoms with E-state index in [1.165, 1.54) is 11.1 Å². The predicted octanol–water partition coefficient (Wildman–Crippen LogP) is 4.50. The molecule has 2 amide bonds. The van der Waals surface area contributed by atoms with E-state index in [9.17, 15) is 4.79 Å². The van der Waals surface area contributed by atoms with Gasteiger partial charge in [-0.2, -0.15) is 5.26 Å². The van der Waals surface area contributed by atoms with Crippen LogP contribution in [0.2, 0.25) is 0 Å². The number of nitrogens with zero attached hydrogens (tertiary/aromatic N) is 3. The largest absolute Gasteiger partial charge is 0.322 e. The Morgan fingerprint density at radius 2 is 1.33 bits per heavy atom. The van der Waals surface area contributed by atoms with Crippen LogP contribution in [0.25, 0.3) is 0 Å². The summed E-state index contributed by atoms with van der Waals surface area (Å²) in [6.07, 6.45) is 0. The van der Waals surface area contributed by atoms with Gasteiger partial charge in [-0.1, -0.05) is 60.7 Å². The Morgan fingerprint density at radius 1 is 0.800 bits per heavy atom. The molecule has 1 saturated heterocycles. The minimum Gasteiger partial charge on any atom is -0.322 e. The molecule has 1 fully saturated rings. The molecular weight excluding hydrogens is 372 g/mol. The van der Waals surface area contributed by atoms with Crippen molar-refractivity contribution in [2.45, 2.75) is 6.04 Å². The molecule has 0 radical (unpaired) electrons. The van der Waals surface area contributed by atoms with Gasteiger partial charge >= 0.3 is 6.03 Å². The minimum absolute atomic E-state index is 0.102. The summed E-state index contributed by atoms with van der Waals surface area (Å²) in [5, 5.41) is 11.8. The zero-order valence-electron chi connectivity index (χ0n) is 16.7. The van der Waals surface area contributed by atoms with Crippen LogP contribution in [0, 0.1) is 11.3 Å². The van der Waals surface area contributed by atoms with E-state index in [1.54, 1.807) is 24.3 Å². The molecule has 150 valence electrons. The number of urea groups is 1. The number of nitriles is 1. The van der Waals surface area contributed by atoms with Gasteiger partial charge in [0.25, 0.3) is 0 Å². The molecule has 0 bridgehead atoms. The number of amides is 2. The maximum absolute atomic E-state index is 12.7. The highest BCUT2D eigenvalue weighted by Crippen LogP contribution is 2.29. The van der Waals surface area contributed by atoms with E-state index in [0.717, 1.165) is 13.1 Å². The molecule has 0 aromatic heterocycles. The maximum atomic E-state index is 12.7. The van der Waals surface area contributed by atoms with Crippen LogP contribution >= 0.6 is 0 Å². The second-order valence-corrected chi connectivity index (χ2v) is 7.37. The molecule has 0 atom stereocenters. The van der Waals surface area contributed by atoms with Crippen molar-refractivity contribution in [3.8, 4) is 6.07 Å². The third kappa shape index (κ3) is 4.51. The lowest BCUT2D eigenvalue weighted by Crippen LogP contribution is -2.51. The first kappa shape index (κ1) is 19.7. The summed E-state index contributed by atoms with van der Waals surface area (Å²) in [4.78, 5) is 17.0. The van der Waals surface area contributed by atoms with Crippen molar-refractivity contribution in [2.75, 3.05) is 31.5 Å². The molecule has 0 aliphatic carbocycles. The van der Waals surface area contributed by atoms with E-state index in [2.05, 4.69) is 64.8 Å². The molecule has 1 aliphatic rings. The highest BCUT2D eigenvalue weighted by Gasteiger charge is 2.28. The van der Waals surface area contributed by atoms with Gasteiger partial charge in [0.15, 0.2) is 0 Å². The van der Waals surface area contributed by atoms with Crippen molar-refractivity contribution in [3.05, 3.63) is 102 Å². The summed E-state index contributed by atoms with van der Waals surface area (Å²) in [7, 11) is 0. The third-order valence-corrected chi connectivity index (χ3v) is 5.46. The topological polar surface area (TPSA) is 59.4 Å². The summed E-state index contributed by atoms with van der Waals surface area (Å²) in [5.74, 6) is 0. The van der Waals surface area contributed by atoms with Gasteiger partial charge in [0.1, 0.15) is 0 Å². The number of anilines is 1. The van der Waals surface area contributed by atoms with E-state index in [0.29, 0.717) is 24.3 Å². The molecule has 5 heteroatoms. The number of carbonyl (C=O) groups is 1. The SMILES string of the molecule is N#Cc1ccc(NC(=O)N2CCN(C(c3ccccc3)c3ccccc3)CC2)cc1. The van der Waals surface area contributed by atoms with Crippen LogP contribution in [0.5, 0.6) is 0 Å². The first-order valence-electron chi connectivity index (χ1n) is 10.1. The standard InChI is InChI=1S/C25H24N4O/c26-19-20-11-13-23(14-12-20)27-25(30)29-17-15-28(16-18-29)24(21-7-3-1-4-8-21)22-9-5-2-6-10-22/h1-14,24H,15-18H2,(H,27,30). The number of carbonyl (C=O) groups excluding carboxylic acids is 1. The lowest BCUT2D eigenvalue weighted by molar-refractivity contribution is 0.126. The van der Waals surface area contributed by atoms with E-state index in [-0.39, 0.29) is 12.1 Å². The van der Waals surface area contributed by atoms with Crippen LogP contribution in [-0.2, 0) is 0 Å². The van der Waals surface area contributed by atoms with E-state index < -0.39 is 0 Å². The Balaban J connectivity index is 1.43. The minimum atomic E-state index is -0.102. The maximum Gasteiger partial charge on any atom is 0.321 e. The fourth-order valence-corrected chi connectivity index (χ4v) is 3.90. The van der Waals surface area contributed by atoms with Crippen molar-refractivity contribution in [1.82, 2.24) is 9.80 Å². The molecular formula is C25H24N4O. The zero-order chi connectivity index (χ0) is 20.8. The number of benzene rings is 3. The first-order valence-corrected chi connectivity index (χ1v) is 10.1. The lowest BCUT2D eigenvalue weighted by Gasteiger charge is -2.39. The lowest BCUT2D eigenvalue weighted by atomic mass is 9.96. The fraction of sp³-hybridized carbons (Fsp3) is 0.200. The van der Waals surface area contributed by atoms with Gasteiger partial charge in [0.2, 0.25) is 0 Å². The summed E-state index contributed by atoms with van der Waals surface area (Å²) in [5.41, 5.74) is 3.81. The van der Waals surface area contributed by atoms with Gasteiger partial charge in [-0.15, -0.1) is 0 Å². The average Bonchev–Trinajstić information content (AvgIpc) is 2.81. The van der Waals surface area contributed by atoms with Crippen molar-refractivity contribution in [3.63, 3.8) is 0 Å². The van der Waals surface area contributed by atoms with E-state index >= 15 is 0 Å².